The van der Waals surface area contributed by atoms with Crippen LogP contribution >= 0.6 is 0 Å². The Labute approximate surface area is 266 Å². The lowest BCUT2D eigenvalue weighted by molar-refractivity contribution is -0.206. The average Bonchev–Trinajstić information content (AvgIpc) is 3.03. The quantitative estimate of drug-likeness (QED) is 0.0693. The van der Waals surface area contributed by atoms with E-state index in [1.807, 2.05) is 24.3 Å². The van der Waals surface area contributed by atoms with Crippen molar-refractivity contribution in [2.75, 3.05) is 13.2 Å². The zero-order valence-electron chi connectivity index (χ0n) is 25.2. The fourth-order valence-electron chi connectivity index (χ4n) is 5.20. The summed E-state index contributed by atoms with van der Waals surface area (Å²) in [7, 11) is 0. The molecule has 3 nitrogen and oxygen atoms in total. The number of ether oxygens (including phenoxy) is 3. The summed E-state index contributed by atoms with van der Waals surface area (Å²) in [6.07, 6.45) is 1.70. The largest absolute Gasteiger partial charge is 0.432 e. The third kappa shape index (κ3) is 8.20. The van der Waals surface area contributed by atoms with Gasteiger partial charge >= 0.3 is 6.11 Å². The Morgan fingerprint density at radius 2 is 1.34 bits per heavy atom. The maximum atomic E-state index is 15.0. The SMILES string of the molecule is CCCCCC1COC(c2ccc(-c3ccc(/C=C/c4cc(F)c(C(F)(F)Oc5cc(F)c(F)c(F)c5)c(F)c4)c(F)c3)cc2)OC1. The highest BCUT2D eigenvalue weighted by atomic mass is 19.3. The Morgan fingerprint density at radius 1 is 0.723 bits per heavy atom. The highest BCUT2D eigenvalue weighted by Gasteiger charge is 2.41. The van der Waals surface area contributed by atoms with Gasteiger partial charge in [-0.1, -0.05) is 74.7 Å². The Bertz CT molecular complexity index is 1690. The molecule has 1 aliphatic rings. The molecule has 1 aliphatic heterocycles. The minimum Gasteiger partial charge on any atom is -0.429 e. The summed E-state index contributed by atoms with van der Waals surface area (Å²) in [4.78, 5) is 0. The van der Waals surface area contributed by atoms with Crippen molar-refractivity contribution in [1.29, 1.82) is 0 Å². The summed E-state index contributed by atoms with van der Waals surface area (Å²) in [5.74, 6) is -10.5. The molecule has 1 heterocycles. The van der Waals surface area contributed by atoms with Crippen molar-refractivity contribution in [1.82, 2.24) is 0 Å². The van der Waals surface area contributed by atoms with E-state index in [1.54, 1.807) is 6.07 Å². The third-order valence-electron chi connectivity index (χ3n) is 7.71. The lowest BCUT2D eigenvalue weighted by Gasteiger charge is -2.29. The fourth-order valence-corrected chi connectivity index (χ4v) is 5.20. The predicted molar refractivity (Wildman–Crippen MR) is 160 cm³/mol. The highest BCUT2D eigenvalue weighted by Crippen LogP contribution is 2.37. The predicted octanol–water partition coefficient (Wildman–Crippen LogP) is 10.7. The van der Waals surface area contributed by atoms with E-state index >= 15 is 0 Å². The number of rotatable bonds is 11. The summed E-state index contributed by atoms with van der Waals surface area (Å²) in [6, 6.07) is 13.0. The summed E-state index contributed by atoms with van der Waals surface area (Å²) in [6.45, 7) is 3.42. The smallest absolute Gasteiger partial charge is 0.429 e. The molecule has 1 fully saturated rings. The molecule has 0 atom stereocenters. The third-order valence-corrected chi connectivity index (χ3v) is 7.71. The van der Waals surface area contributed by atoms with Gasteiger partial charge in [0.15, 0.2) is 23.7 Å². The van der Waals surface area contributed by atoms with E-state index in [-0.39, 0.29) is 23.3 Å². The molecule has 11 heteroatoms. The molecular weight excluding hydrogens is 632 g/mol. The number of halogens is 8. The van der Waals surface area contributed by atoms with Gasteiger partial charge in [0.25, 0.3) is 0 Å². The molecule has 1 saturated heterocycles. The second-order valence-corrected chi connectivity index (χ2v) is 11.2. The van der Waals surface area contributed by atoms with Crippen LogP contribution in [0.1, 0.15) is 61.2 Å². The van der Waals surface area contributed by atoms with Crippen molar-refractivity contribution in [2.24, 2.45) is 5.92 Å². The minimum atomic E-state index is -4.72. The molecule has 0 bridgehead atoms. The molecule has 248 valence electrons. The van der Waals surface area contributed by atoms with Gasteiger partial charge in [-0.15, -0.1) is 0 Å². The van der Waals surface area contributed by atoms with Crippen LogP contribution in [0.5, 0.6) is 5.75 Å². The summed E-state index contributed by atoms with van der Waals surface area (Å²) >= 11 is 0. The van der Waals surface area contributed by atoms with Gasteiger partial charge in [0.1, 0.15) is 28.8 Å². The number of hydrogen-bond donors (Lipinski definition) is 0. The molecule has 0 saturated carbocycles. The minimum absolute atomic E-state index is 0.0572. The molecule has 47 heavy (non-hydrogen) atoms. The molecule has 5 rings (SSSR count). The van der Waals surface area contributed by atoms with Crippen LogP contribution in [0, 0.1) is 40.8 Å². The van der Waals surface area contributed by atoms with E-state index in [9.17, 15) is 35.1 Å². The van der Waals surface area contributed by atoms with Crippen LogP contribution in [0.3, 0.4) is 0 Å². The topological polar surface area (TPSA) is 27.7 Å². The Kier molecular flexibility index (Phi) is 10.7. The van der Waals surface area contributed by atoms with Gasteiger partial charge in [-0.3, -0.25) is 0 Å². The van der Waals surface area contributed by atoms with Crippen molar-refractivity contribution in [3.8, 4) is 16.9 Å². The molecule has 0 aromatic heterocycles. The maximum Gasteiger partial charge on any atom is 0.432 e. The van der Waals surface area contributed by atoms with E-state index in [1.165, 1.54) is 24.6 Å². The van der Waals surface area contributed by atoms with Crippen LogP contribution in [0.25, 0.3) is 23.3 Å². The molecule has 0 aliphatic carbocycles. The Balaban J connectivity index is 1.24. The van der Waals surface area contributed by atoms with Crippen LogP contribution in [0.4, 0.5) is 35.1 Å². The second-order valence-electron chi connectivity index (χ2n) is 11.2. The fraction of sp³-hybridized carbons (Fsp3) is 0.278. The number of benzene rings is 4. The molecule has 4 aromatic carbocycles. The lowest BCUT2D eigenvalue weighted by atomic mass is 10.0. The second kappa shape index (κ2) is 14.7. The maximum absolute atomic E-state index is 15.0. The van der Waals surface area contributed by atoms with Crippen LogP contribution < -0.4 is 4.74 Å². The number of unbranched alkanes of at least 4 members (excludes halogenated alkanes) is 2. The van der Waals surface area contributed by atoms with Crippen molar-refractivity contribution >= 4 is 12.2 Å². The standard InChI is InChI=1S/C36H30F8O3/c1-2-3-4-5-22-19-45-35(46-20-22)25-11-8-23(9-12-25)26-13-10-24(28(37)16-26)7-6-21-14-29(38)33(30(39)15-21)36(43,44)47-27-17-31(40)34(42)32(41)18-27/h6-18,22,35H,2-5,19-20H2,1H3/b7-6+. The molecule has 0 N–H and O–H groups in total. The number of hydrogen-bond acceptors (Lipinski definition) is 3. The molecule has 0 spiro atoms. The van der Waals surface area contributed by atoms with E-state index in [4.69, 9.17) is 9.47 Å². The van der Waals surface area contributed by atoms with E-state index in [0.29, 0.717) is 36.8 Å². The van der Waals surface area contributed by atoms with Crippen LogP contribution in [0.15, 0.2) is 66.7 Å². The van der Waals surface area contributed by atoms with Crippen molar-refractivity contribution in [3.63, 3.8) is 0 Å². The normalized spacial score (nSPS) is 17.0. The van der Waals surface area contributed by atoms with Crippen LogP contribution in [0.2, 0.25) is 0 Å². The Hall–Kier alpha value is -4.22. The number of alkyl halides is 2. The zero-order chi connectivity index (χ0) is 33.7. The van der Waals surface area contributed by atoms with Crippen molar-refractivity contribution in [3.05, 3.63) is 124 Å². The van der Waals surface area contributed by atoms with Crippen LogP contribution in [-0.2, 0) is 15.6 Å². The monoisotopic (exact) mass is 662 g/mol. The molecule has 0 unspecified atom stereocenters. The van der Waals surface area contributed by atoms with Gasteiger partial charge in [0, 0.05) is 29.2 Å². The molecule has 0 amide bonds. The van der Waals surface area contributed by atoms with Gasteiger partial charge in [-0.25, -0.2) is 26.3 Å². The summed E-state index contributed by atoms with van der Waals surface area (Å²) < 4.78 is 129. The van der Waals surface area contributed by atoms with Gasteiger partial charge in [-0.2, -0.15) is 8.78 Å². The highest BCUT2D eigenvalue weighted by molar-refractivity contribution is 5.73. The van der Waals surface area contributed by atoms with Gasteiger partial charge in [-0.05, 0) is 41.3 Å². The first-order valence-electron chi connectivity index (χ1n) is 15.0. The van der Waals surface area contributed by atoms with Gasteiger partial charge < -0.3 is 14.2 Å². The van der Waals surface area contributed by atoms with E-state index in [2.05, 4.69) is 11.7 Å². The Morgan fingerprint density at radius 3 is 1.94 bits per heavy atom. The summed E-state index contributed by atoms with van der Waals surface area (Å²) in [5.41, 5.74) is 0.129. The zero-order valence-corrected chi connectivity index (χ0v) is 25.2. The van der Waals surface area contributed by atoms with Gasteiger partial charge in [0.2, 0.25) is 0 Å². The van der Waals surface area contributed by atoms with E-state index in [0.717, 1.165) is 36.5 Å². The van der Waals surface area contributed by atoms with E-state index < -0.39 is 58.6 Å². The molecule has 0 radical (unpaired) electrons. The van der Waals surface area contributed by atoms with Crippen molar-refractivity contribution < 1.29 is 49.3 Å². The van der Waals surface area contributed by atoms with Gasteiger partial charge in [0.05, 0.1) is 13.2 Å². The first-order valence-corrected chi connectivity index (χ1v) is 15.0. The average molecular weight is 663 g/mol. The van der Waals surface area contributed by atoms with Crippen molar-refractivity contribution in [2.45, 2.75) is 45.0 Å². The lowest BCUT2D eigenvalue weighted by Crippen LogP contribution is -2.27. The molecule has 4 aromatic rings. The first kappa shape index (κ1) is 34.1. The molecular formula is C36H30F8O3. The van der Waals surface area contributed by atoms with Crippen LogP contribution in [-0.4, -0.2) is 13.2 Å². The summed E-state index contributed by atoms with van der Waals surface area (Å²) in [5, 5.41) is 0. The first-order chi connectivity index (χ1) is 22.4.